The van der Waals surface area contributed by atoms with Gasteiger partial charge in [0.15, 0.2) is 0 Å². The smallest absolute Gasteiger partial charge is 0.305 e. The summed E-state index contributed by atoms with van der Waals surface area (Å²) in [5.74, 6) is -0.810. The zero-order valence-corrected chi connectivity index (χ0v) is 10.7. The standard InChI is InChI=1S/C13H17FN2O2/c1-9(2)15-8-10(3)6-11-4-5-12(14)13(7-11)16(17)18/h4-7,9,15H,8H2,1-3H3/b10-6+. The molecule has 4 nitrogen and oxygen atoms in total. The van der Waals surface area contributed by atoms with E-state index in [9.17, 15) is 14.5 Å². The van der Waals surface area contributed by atoms with Gasteiger partial charge in [0, 0.05) is 18.7 Å². The fourth-order valence-electron chi connectivity index (χ4n) is 1.46. The van der Waals surface area contributed by atoms with Crippen molar-refractivity contribution in [3.8, 4) is 0 Å². The van der Waals surface area contributed by atoms with Crippen molar-refractivity contribution in [3.63, 3.8) is 0 Å². The molecule has 0 aliphatic carbocycles. The van der Waals surface area contributed by atoms with Crippen molar-refractivity contribution < 1.29 is 9.31 Å². The molecule has 0 saturated carbocycles. The molecule has 0 aliphatic rings. The van der Waals surface area contributed by atoms with Gasteiger partial charge in [0.1, 0.15) is 0 Å². The molecule has 1 aromatic rings. The Labute approximate surface area is 106 Å². The maximum Gasteiger partial charge on any atom is 0.305 e. The van der Waals surface area contributed by atoms with Crippen LogP contribution in [-0.2, 0) is 0 Å². The lowest BCUT2D eigenvalue weighted by atomic mass is 10.1. The molecule has 0 heterocycles. The Morgan fingerprint density at radius 3 is 2.78 bits per heavy atom. The minimum absolute atomic E-state index is 0.371. The number of hydrogen-bond acceptors (Lipinski definition) is 3. The van der Waals surface area contributed by atoms with Gasteiger partial charge >= 0.3 is 5.69 Å². The van der Waals surface area contributed by atoms with Crippen LogP contribution >= 0.6 is 0 Å². The second kappa shape index (κ2) is 6.26. The van der Waals surface area contributed by atoms with Crippen LogP contribution in [0.5, 0.6) is 0 Å². The number of rotatable bonds is 5. The molecule has 5 heteroatoms. The Morgan fingerprint density at radius 2 is 2.22 bits per heavy atom. The van der Waals surface area contributed by atoms with Crippen molar-refractivity contribution in [1.82, 2.24) is 5.32 Å². The number of benzene rings is 1. The summed E-state index contributed by atoms with van der Waals surface area (Å²) in [4.78, 5) is 9.89. The van der Waals surface area contributed by atoms with Gasteiger partial charge in [0.2, 0.25) is 5.82 Å². The summed E-state index contributed by atoms with van der Waals surface area (Å²) in [7, 11) is 0. The van der Waals surface area contributed by atoms with E-state index in [0.717, 1.165) is 11.6 Å². The molecule has 1 rings (SSSR count). The van der Waals surface area contributed by atoms with Gasteiger partial charge < -0.3 is 5.32 Å². The highest BCUT2D eigenvalue weighted by atomic mass is 19.1. The van der Waals surface area contributed by atoms with Crippen molar-refractivity contribution in [3.05, 3.63) is 45.3 Å². The van der Waals surface area contributed by atoms with Crippen LogP contribution in [-0.4, -0.2) is 17.5 Å². The summed E-state index contributed by atoms with van der Waals surface area (Å²) in [5, 5.41) is 13.8. The van der Waals surface area contributed by atoms with E-state index in [-0.39, 0.29) is 0 Å². The fourth-order valence-corrected chi connectivity index (χ4v) is 1.46. The van der Waals surface area contributed by atoms with Crippen molar-refractivity contribution in [2.24, 2.45) is 0 Å². The molecule has 0 amide bonds. The van der Waals surface area contributed by atoms with Crippen LogP contribution in [0.1, 0.15) is 26.3 Å². The molecule has 0 bridgehead atoms. The molecule has 18 heavy (non-hydrogen) atoms. The third kappa shape index (κ3) is 4.25. The van der Waals surface area contributed by atoms with Crippen LogP contribution in [0, 0.1) is 15.9 Å². The lowest BCUT2D eigenvalue weighted by molar-refractivity contribution is -0.387. The molecule has 0 radical (unpaired) electrons. The first-order valence-corrected chi connectivity index (χ1v) is 5.74. The van der Waals surface area contributed by atoms with Crippen LogP contribution in [0.2, 0.25) is 0 Å². The van der Waals surface area contributed by atoms with Gasteiger partial charge in [-0.1, -0.05) is 31.6 Å². The van der Waals surface area contributed by atoms with Gasteiger partial charge in [-0.15, -0.1) is 0 Å². The molecule has 0 saturated heterocycles. The van der Waals surface area contributed by atoms with Gasteiger partial charge in [-0.2, -0.15) is 4.39 Å². The van der Waals surface area contributed by atoms with Crippen LogP contribution < -0.4 is 5.32 Å². The SMILES string of the molecule is C/C(=C\c1ccc(F)c([N+](=O)[O-])c1)CNC(C)C. The lowest BCUT2D eigenvalue weighted by Crippen LogP contribution is -2.24. The van der Waals surface area contributed by atoms with E-state index in [4.69, 9.17) is 0 Å². The van der Waals surface area contributed by atoms with Gasteiger partial charge in [-0.05, 0) is 18.6 Å². The molecular weight excluding hydrogens is 235 g/mol. The number of nitro benzene ring substituents is 1. The summed E-state index contributed by atoms with van der Waals surface area (Å²) < 4.78 is 13.1. The first kappa shape index (κ1) is 14.3. The summed E-state index contributed by atoms with van der Waals surface area (Å²) in [6.07, 6.45) is 1.81. The topological polar surface area (TPSA) is 55.2 Å². The highest BCUT2D eigenvalue weighted by Gasteiger charge is 2.13. The average molecular weight is 252 g/mol. The molecule has 0 fully saturated rings. The Balaban J connectivity index is 2.87. The van der Waals surface area contributed by atoms with E-state index in [1.54, 1.807) is 0 Å². The van der Waals surface area contributed by atoms with Crippen molar-refractivity contribution >= 4 is 11.8 Å². The summed E-state index contributed by atoms with van der Waals surface area (Å²) >= 11 is 0. The lowest BCUT2D eigenvalue weighted by Gasteiger charge is -2.08. The highest BCUT2D eigenvalue weighted by Crippen LogP contribution is 2.20. The van der Waals surface area contributed by atoms with E-state index < -0.39 is 16.4 Å². The van der Waals surface area contributed by atoms with Crippen molar-refractivity contribution in [1.29, 1.82) is 0 Å². The van der Waals surface area contributed by atoms with Crippen LogP contribution in [0.25, 0.3) is 6.08 Å². The molecule has 0 aromatic heterocycles. The summed E-state index contributed by atoms with van der Waals surface area (Å²) in [6.45, 7) is 6.69. The molecule has 0 aliphatic heterocycles. The second-order valence-corrected chi connectivity index (χ2v) is 4.49. The van der Waals surface area contributed by atoms with Gasteiger partial charge in [0.25, 0.3) is 0 Å². The maximum atomic E-state index is 13.1. The van der Waals surface area contributed by atoms with Crippen molar-refractivity contribution in [2.75, 3.05) is 6.54 Å². The molecule has 98 valence electrons. The van der Waals surface area contributed by atoms with Crippen molar-refractivity contribution in [2.45, 2.75) is 26.8 Å². The van der Waals surface area contributed by atoms with E-state index in [2.05, 4.69) is 5.32 Å². The highest BCUT2D eigenvalue weighted by molar-refractivity contribution is 5.56. The zero-order valence-electron chi connectivity index (χ0n) is 10.7. The predicted molar refractivity (Wildman–Crippen MR) is 69.8 cm³/mol. The Hall–Kier alpha value is -1.75. The molecule has 1 aromatic carbocycles. The number of halogens is 1. The number of nitro groups is 1. The quantitative estimate of drug-likeness (QED) is 0.647. The zero-order chi connectivity index (χ0) is 13.7. The Morgan fingerprint density at radius 1 is 1.56 bits per heavy atom. The molecular formula is C13H17FN2O2. The summed E-state index contributed by atoms with van der Waals surface area (Å²) in [6, 6.07) is 4.26. The second-order valence-electron chi connectivity index (χ2n) is 4.49. The first-order chi connectivity index (χ1) is 8.40. The minimum Gasteiger partial charge on any atom is -0.311 e. The van der Waals surface area contributed by atoms with E-state index in [1.807, 2.05) is 26.8 Å². The third-order valence-electron chi connectivity index (χ3n) is 2.37. The molecule has 0 unspecified atom stereocenters. The van der Waals surface area contributed by atoms with Crippen LogP contribution in [0.15, 0.2) is 23.8 Å². The third-order valence-corrected chi connectivity index (χ3v) is 2.37. The average Bonchev–Trinajstić information content (AvgIpc) is 2.28. The molecule has 0 spiro atoms. The maximum absolute atomic E-state index is 13.1. The number of nitrogens with one attached hydrogen (secondary N) is 1. The number of hydrogen-bond donors (Lipinski definition) is 1. The van der Waals surface area contributed by atoms with Crippen LogP contribution in [0.4, 0.5) is 10.1 Å². The Bertz CT molecular complexity index is 470. The largest absolute Gasteiger partial charge is 0.311 e. The monoisotopic (exact) mass is 252 g/mol. The predicted octanol–water partition coefficient (Wildman–Crippen LogP) is 3.14. The summed E-state index contributed by atoms with van der Waals surface area (Å²) in [5.41, 5.74) is 1.17. The van der Waals surface area contributed by atoms with Gasteiger partial charge in [-0.3, -0.25) is 10.1 Å². The fraction of sp³-hybridized carbons (Fsp3) is 0.385. The normalized spacial score (nSPS) is 11.9. The molecule has 0 atom stereocenters. The van der Waals surface area contributed by atoms with Gasteiger partial charge in [0.05, 0.1) is 4.92 Å². The minimum atomic E-state index is -0.810. The Kier molecular flexibility index (Phi) is 4.97. The number of nitrogens with zero attached hydrogens (tertiary/aromatic N) is 1. The van der Waals surface area contributed by atoms with Crippen LogP contribution in [0.3, 0.4) is 0 Å². The van der Waals surface area contributed by atoms with E-state index >= 15 is 0 Å². The molecule has 1 N–H and O–H groups in total. The van der Waals surface area contributed by atoms with E-state index in [0.29, 0.717) is 18.2 Å². The van der Waals surface area contributed by atoms with E-state index in [1.165, 1.54) is 12.1 Å². The first-order valence-electron chi connectivity index (χ1n) is 5.74. The van der Waals surface area contributed by atoms with Gasteiger partial charge in [-0.25, -0.2) is 0 Å².